The van der Waals surface area contributed by atoms with Gasteiger partial charge in [-0.3, -0.25) is 9.78 Å². The van der Waals surface area contributed by atoms with Gasteiger partial charge in [0.15, 0.2) is 6.61 Å². The molecule has 0 radical (unpaired) electrons. The van der Waals surface area contributed by atoms with Gasteiger partial charge >= 0.3 is 6.18 Å². The molecule has 7 nitrogen and oxygen atoms in total. The van der Waals surface area contributed by atoms with Gasteiger partial charge in [-0.2, -0.15) is 13.2 Å². The van der Waals surface area contributed by atoms with Crippen molar-refractivity contribution in [3.63, 3.8) is 0 Å². The van der Waals surface area contributed by atoms with Crippen LogP contribution in [0.15, 0.2) is 30.9 Å². The van der Waals surface area contributed by atoms with E-state index in [2.05, 4.69) is 20.3 Å². The van der Waals surface area contributed by atoms with Gasteiger partial charge in [0, 0.05) is 36.2 Å². The molecule has 0 atom stereocenters. The highest BCUT2D eigenvalue weighted by molar-refractivity contribution is 5.90. The number of ether oxygens (including phenoxy) is 1. The number of hydrogen-bond acceptors (Lipinski definition) is 6. The summed E-state index contributed by atoms with van der Waals surface area (Å²) < 4.78 is 41.2. The highest BCUT2D eigenvalue weighted by atomic mass is 19.4. The maximum Gasteiger partial charge on any atom is 0.422 e. The van der Waals surface area contributed by atoms with E-state index in [1.807, 2.05) is 33.8 Å². The lowest BCUT2D eigenvalue weighted by molar-refractivity contribution is -0.154. The Hall–Kier alpha value is -2.75. The Balaban J connectivity index is 0.000000387. The molecule has 2 aromatic rings. The van der Waals surface area contributed by atoms with Crippen LogP contribution in [0.3, 0.4) is 0 Å². The zero-order chi connectivity index (χ0) is 22.1. The molecule has 0 aromatic carbocycles. The Morgan fingerprint density at radius 1 is 1.17 bits per heavy atom. The van der Waals surface area contributed by atoms with Crippen LogP contribution in [-0.4, -0.2) is 39.2 Å². The Morgan fingerprint density at radius 2 is 1.86 bits per heavy atom. The van der Waals surface area contributed by atoms with Gasteiger partial charge in [-0.05, 0) is 38.8 Å². The number of carbonyl (C=O) groups excluding carboxylic acids is 1. The molecule has 29 heavy (non-hydrogen) atoms. The molecule has 0 bridgehead atoms. The lowest BCUT2D eigenvalue weighted by Gasteiger charge is -2.21. The molecule has 160 valence electrons. The maximum atomic E-state index is 12.1. The van der Waals surface area contributed by atoms with Gasteiger partial charge in [-0.25, -0.2) is 9.97 Å². The molecule has 0 fully saturated rings. The molecule has 0 saturated carbocycles. The fourth-order valence-corrected chi connectivity index (χ4v) is 1.97. The summed E-state index contributed by atoms with van der Waals surface area (Å²) in [5.41, 5.74) is 6.64. The molecule has 3 N–H and O–H groups in total. The van der Waals surface area contributed by atoms with E-state index in [-0.39, 0.29) is 17.1 Å². The second kappa shape index (κ2) is 10.7. The van der Waals surface area contributed by atoms with Crippen LogP contribution in [0.1, 0.15) is 49.3 Å². The highest BCUT2D eigenvalue weighted by Crippen LogP contribution is 2.21. The number of nitrogens with zero attached hydrogens (tertiary/aromatic N) is 3. The Bertz CT molecular complexity index is 778. The minimum atomic E-state index is -4.35. The largest absolute Gasteiger partial charge is 0.468 e. The third-order valence-electron chi connectivity index (χ3n) is 3.37. The van der Waals surface area contributed by atoms with E-state index in [1.165, 1.54) is 18.6 Å². The van der Waals surface area contributed by atoms with Crippen LogP contribution in [0, 0.1) is 0 Å². The quantitative estimate of drug-likeness (QED) is 0.755. The number of carbonyl (C=O) groups is 1. The predicted octanol–water partition coefficient (Wildman–Crippen LogP) is 3.05. The van der Waals surface area contributed by atoms with Crippen LogP contribution in [0.4, 0.5) is 13.2 Å². The number of primary amides is 1. The molecule has 2 aromatic heterocycles. The first-order valence-electron chi connectivity index (χ1n) is 8.89. The number of rotatable bonds is 6. The van der Waals surface area contributed by atoms with Crippen molar-refractivity contribution >= 4 is 5.91 Å². The molecule has 0 spiro atoms. The Morgan fingerprint density at radius 3 is 2.31 bits per heavy atom. The molecule has 0 unspecified atom stereocenters. The second-order valence-electron chi connectivity index (χ2n) is 7.12. The number of nitrogens with two attached hydrogens (primary N) is 1. The fraction of sp³-hybridized carbons (Fsp3) is 0.474. The van der Waals surface area contributed by atoms with Crippen molar-refractivity contribution in [2.24, 2.45) is 5.73 Å². The van der Waals surface area contributed by atoms with Crippen molar-refractivity contribution in [2.75, 3.05) is 6.61 Å². The van der Waals surface area contributed by atoms with Gasteiger partial charge in [0.2, 0.25) is 5.88 Å². The van der Waals surface area contributed by atoms with Crippen molar-refractivity contribution in [3.05, 3.63) is 47.7 Å². The van der Waals surface area contributed by atoms with Gasteiger partial charge in [-0.15, -0.1) is 0 Å². The summed E-state index contributed by atoms with van der Waals surface area (Å²) in [5.74, 6) is -0.493. The van der Waals surface area contributed by atoms with Crippen LogP contribution < -0.4 is 15.8 Å². The third-order valence-corrected chi connectivity index (χ3v) is 3.37. The van der Waals surface area contributed by atoms with E-state index in [0.717, 1.165) is 5.56 Å². The van der Waals surface area contributed by atoms with Crippen LogP contribution in [0.5, 0.6) is 5.88 Å². The first-order chi connectivity index (χ1) is 13.4. The van der Waals surface area contributed by atoms with Crippen LogP contribution in [0.25, 0.3) is 0 Å². The summed E-state index contributed by atoms with van der Waals surface area (Å²) in [5, 5.41) is 3.30. The lowest BCUT2D eigenvalue weighted by atomic mass is 10.1. The SMILES string of the molecule is CCc1cc(CNC(C)(C)C)cnc1OCC(F)(F)F.NC(=O)c1cnccn1. The van der Waals surface area contributed by atoms with E-state index in [9.17, 15) is 18.0 Å². The summed E-state index contributed by atoms with van der Waals surface area (Å²) in [6.45, 7) is 7.29. The van der Waals surface area contributed by atoms with Gasteiger partial charge < -0.3 is 15.8 Å². The summed E-state index contributed by atoms with van der Waals surface area (Å²) >= 11 is 0. The summed E-state index contributed by atoms with van der Waals surface area (Å²) in [7, 11) is 0. The predicted molar refractivity (Wildman–Crippen MR) is 102 cm³/mol. The minimum Gasteiger partial charge on any atom is -0.468 e. The van der Waals surface area contributed by atoms with Crippen molar-refractivity contribution in [3.8, 4) is 5.88 Å². The number of alkyl halides is 3. The molecule has 0 aliphatic carbocycles. The van der Waals surface area contributed by atoms with E-state index in [1.54, 1.807) is 6.20 Å². The molecule has 10 heteroatoms. The number of aryl methyl sites for hydroxylation is 1. The van der Waals surface area contributed by atoms with Crippen molar-refractivity contribution in [1.82, 2.24) is 20.3 Å². The van der Waals surface area contributed by atoms with Crippen molar-refractivity contribution < 1.29 is 22.7 Å². The maximum absolute atomic E-state index is 12.1. The summed E-state index contributed by atoms with van der Waals surface area (Å²) in [4.78, 5) is 21.6. The van der Waals surface area contributed by atoms with E-state index in [0.29, 0.717) is 18.5 Å². The number of amides is 1. The zero-order valence-corrected chi connectivity index (χ0v) is 16.9. The molecule has 0 aliphatic heterocycles. The smallest absolute Gasteiger partial charge is 0.422 e. The van der Waals surface area contributed by atoms with Gasteiger partial charge in [-0.1, -0.05) is 6.92 Å². The number of hydrogen-bond donors (Lipinski definition) is 2. The third kappa shape index (κ3) is 10.4. The van der Waals surface area contributed by atoms with Crippen LogP contribution in [0.2, 0.25) is 0 Å². The number of pyridine rings is 1. The highest BCUT2D eigenvalue weighted by Gasteiger charge is 2.29. The first-order valence-corrected chi connectivity index (χ1v) is 8.89. The van der Waals surface area contributed by atoms with E-state index in [4.69, 9.17) is 10.5 Å². The average molecular weight is 413 g/mol. The van der Waals surface area contributed by atoms with Gasteiger partial charge in [0.25, 0.3) is 5.91 Å². The normalized spacial score (nSPS) is 11.4. The second-order valence-corrected chi connectivity index (χ2v) is 7.12. The molecule has 0 saturated heterocycles. The van der Waals surface area contributed by atoms with Gasteiger partial charge in [0.05, 0.1) is 6.20 Å². The minimum absolute atomic E-state index is 0.0299. The van der Waals surface area contributed by atoms with E-state index < -0.39 is 18.7 Å². The average Bonchev–Trinajstić information content (AvgIpc) is 2.65. The van der Waals surface area contributed by atoms with Crippen LogP contribution in [-0.2, 0) is 13.0 Å². The topological polar surface area (TPSA) is 103 Å². The van der Waals surface area contributed by atoms with Crippen molar-refractivity contribution in [2.45, 2.75) is 52.4 Å². The molecule has 2 rings (SSSR count). The van der Waals surface area contributed by atoms with Crippen molar-refractivity contribution in [1.29, 1.82) is 0 Å². The monoisotopic (exact) mass is 413 g/mol. The fourth-order valence-electron chi connectivity index (χ4n) is 1.97. The number of halogens is 3. The number of aromatic nitrogens is 3. The molecule has 0 aliphatic rings. The number of nitrogens with one attached hydrogen (secondary N) is 1. The summed E-state index contributed by atoms with van der Waals surface area (Å²) in [6, 6.07) is 1.83. The Labute approximate surface area is 167 Å². The van der Waals surface area contributed by atoms with E-state index >= 15 is 0 Å². The van der Waals surface area contributed by atoms with Gasteiger partial charge in [0.1, 0.15) is 5.69 Å². The molecular formula is C19H26F3N5O2. The molecule has 1 amide bonds. The standard InChI is InChI=1S/C14H21F3N2O.C5H5N3O/c1-5-11-6-10(8-19-13(2,3)4)7-18-12(11)20-9-14(15,16)17;6-5(9)4-3-7-1-2-8-4/h6-7,19H,5,8-9H2,1-4H3;1-3H,(H2,6,9). The molecule has 2 heterocycles. The lowest BCUT2D eigenvalue weighted by Crippen LogP contribution is -2.35. The summed E-state index contributed by atoms with van der Waals surface area (Å²) in [6.07, 6.45) is 1.99. The zero-order valence-electron chi connectivity index (χ0n) is 16.9. The Kier molecular flexibility index (Phi) is 8.96. The molecular weight excluding hydrogens is 387 g/mol. The van der Waals surface area contributed by atoms with Crippen LogP contribution >= 0.6 is 0 Å². The first kappa shape index (κ1) is 24.3.